The molecule has 2 aromatic rings. The molecule has 0 aromatic heterocycles. The fourth-order valence-electron chi connectivity index (χ4n) is 2.17. The Bertz CT molecular complexity index is 544. The number of aliphatic hydroxyl groups is 1. The zero-order valence-electron chi connectivity index (χ0n) is 11.7. The van der Waals surface area contributed by atoms with Crippen LogP contribution in [0.25, 0.3) is 0 Å². The number of rotatable bonds is 4. The highest BCUT2D eigenvalue weighted by Gasteiger charge is 2.10. The van der Waals surface area contributed by atoms with Crippen molar-refractivity contribution in [3.63, 3.8) is 0 Å². The van der Waals surface area contributed by atoms with Crippen LogP contribution in [0.2, 0.25) is 0 Å². The van der Waals surface area contributed by atoms with E-state index in [0.29, 0.717) is 6.42 Å². The molecule has 2 heteroatoms. The summed E-state index contributed by atoms with van der Waals surface area (Å²) in [7, 11) is 1.66. The van der Waals surface area contributed by atoms with Crippen molar-refractivity contribution in [3.05, 3.63) is 64.7 Å². The molecule has 0 fully saturated rings. The topological polar surface area (TPSA) is 29.5 Å². The molecule has 19 heavy (non-hydrogen) atoms. The molecular formula is C17H20O2. The van der Waals surface area contributed by atoms with Gasteiger partial charge >= 0.3 is 0 Å². The van der Waals surface area contributed by atoms with Crippen LogP contribution in [0.4, 0.5) is 0 Å². The van der Waals surface area contributed by atoms with Gasteiger partial charge in [-0.1, -0.05) is 35.9 Å². The molecule has 0 radical (unpaired) electrons. The highest BCUT2D eigenvalue weighted by Crippen LogP contribution is 2.24. The van der Waals surface area contributed by atoms with Crippen LogP contribution in [0.5, 0.6) is 5.75 Å². The van der Waals surface area contributed by atoms with E-state index >= 15 is 0 Å². The minimum absolute atomic E-state index is 0.479. The first-order valence-electron chi connectivity index (χ1n) is 6.48. The van der Waals surface area contributed by atoms with Crippen LogP contribution >= 0.6 is 0 Å². The van der Waals surface area contributed by atoms with Crippen molar-refractivity contribution < 1.29 is 9.84 Å². The van der Waals surface area contributed by atoms with E-state index in [1.165, 1.54) is 5.56 Å². The molecule has 1 N–H and O–H groups in total. The molecule has 0 bridgehead atoms. The normalized spacial score (nSPS) is 12.2. The molecule has 0 aliphatic rings. The minimum Gasteiger partial charge on any atom is -0.496 e. The third-order valence-electron chi connectivity index (χ3n) is 3.35. The SMILES string of the molecule is COc1ccc(C(O)Cc2ccc(C)cc2)cc1C. The van der Waals surface area contributed by atoms with Crippen molar-refractivity contribution in [1.82, 2.24) is 0 Å². The molecule has 100 valence electrons. The van der Waals surface area contributed by atoms with Crippen molar-refractivity contribution in [2.75, 3.05) is 7.11 Å². The summed E-state index contributed by atoms with van der Waals surface area (Å²) in [5.41, 5.74) is 4.35. The molecule has 2 nitrogen and oxygen atoms in total. The summed E-state index contributed by atoms with van der Waals surface area (Å²) in [4.78, 5) is 0. The molecule has 0 saturated heterocycles. The Hall–Kier alpha value is -1.80. The van der Waals surface area contributed by atoms with Gasteiger partial charge in [0.05, 0.1) is 13.2 Å². The van der Waals surface area contributed by atoms with Gasteiger partial charge in [-0.15, -0.1) is 0 Å². The second-order valence-electron chi connectivity index (χ2n) is 4.93. The lowest BCUT2D eigenvalue weighted by atomic mass is 9.99. The van der Waals surface area contributed by atoms with Gasteiger partial charge in [0.25, 0.3) is 0 Å². The first-order chi connectivity index (χ1) is 9.10. The molecule has 0 amide bonds. The number of aliphatic hydroxyl groups excluding tert-OH is 1. The minimum atomic E-state index is -0.479. The van der Waals surface area contributed by atoms with Gasteiger partial charge in [-0.05, 0) is 42.7 Å². The lowest BCUT2D eigenvalue weighted by Crippen LogP contribution is -2.02. The van der Waals surface area contributed by atoms with Crippen molar-refractivity contribution in [3.8, 4) is 5.75 Å². The van der Waals surface area contributed by atoms with Crippen molar-refractivity contribution in [1.29, 1.82) is 0 Å². The maximum absolute atomic E-state index is 10.3. The Morgan fingerprint density at radius 3 is 2.32 bits per heavy atom. The van der Waals surface area contributed by atoms with Gasteiger partial charge in [0.1, 0.15) is 5.75 Å². The summed E-state index contributed by atoms with van der Waals surface area (Å²) < 4.78 is 5.23. The van der Waals surface area contributed by atoms with Crippen LogP contribution < -0.4 is 4.74 Å². The van der Waals surface area contributed by atoms with E-state index in [4.69, 9.17) is 4.74 Å². The van der Waals surface area contributed by atoms with Gasteiger partial charge in [-0.2, -0.15) is 0 Å². The predicted molar refractivity (Wildman–Crippen MR) is 77.6 cm³/mol. The number of methoxy groups -OCH3 is 1. The molecule has 0 spiro atoms. The largest absolute Gasteiger partial charge is 0.496 e. The Balaban J connectivity index is 2.13. The van der Waals surface area contributed by atoms with E-state index < -0.39 is 6.10 Å². The third kappa shape index (κ3) is 3.36. The van der Waals surface area contributed by atoms with Gasteiger partial charge in [0, 0.05) is 6.42 Å². The second kappa shape index (κ2) is 5.89. The molecular weight excluding hydrogens is 236 g/mol. The summed E-state index contributed by atoms with van der Waals surface area (Å²) in [5, 5.41) is 10.3. The number of hydrogen-bond acceptors (Lipinski definition) is 2. The van der Waals surface area contributed by atoms with Crippen LogP contribution in [0.15, 0.2) is 42.5 Å². The average Bonchev–Trinajstić information content (AvgIpc) is 2.41. The van der Waals surface area contributed by atoms with E-state index in [1.807, 2.05) is 25.1 Å². The highest BCUT2D eigenvalue weighted by molar-refractivity contribution is 5.37. The van der Waals surface area contributed by atoms with Crippen LogP contribution in [-0.4, -0.2) is 12.2 Å². The Labute approximate surface area is 114 Å². The molecule has 0 aliphatic heterocycles. The van der Waals surface area contributed by atoms with E-state index in [9.17, 15) is 5.11 Å². The number of hydrogen-bond donors (Lipinski definition) is 1. The second-order valence-corrected chi connectivity index (χ2v) is 4.93. The Morgan fingerprint density at radius 2 is 1.74 bits per heavy atom. The van der Waals surface area contributed by atoms with Gasteiger partial charge in [0.15, 0.2) is 0 Å². The fourth-order valence-corrected chi connectivity index (χ4v) is 2.17. The molecule has 1 unspecified atom stereocenters. The maximum atomic E-state index is 10.3. The summed E-state index contributed by atoms with van der Waals surface area (Å²) in [5.74, 6) is 0.853. The molecule has 2 aromatic carbocycles. The Morgan fingerprint density at radius 1 is 1.05 bits per heavy atom. The van der Waals surface area contributed by atoms with Crippen molar-refractivity contribution >= 4 is 0 Å². The quantitative estimate of drug-likeness (QED) is 0.906. The number of benzene rings is 2. The average molecular weight is 256 g/mol. The predicted octanol–water partition coefficient (Wildman–Crippen LogP) is 3.59. The van der Waals surface area contributed by atoms with E-state index in [-0.39, 0.29) is 0 Å². The van der Waals surface area contributed by atoms with Crippen molar-refractivity contribution in [2.45, 2.75) is 26.4 Å². The van der Waals surface area contributed by atoms with Gasteiger partial charge in [-0.3, -0.25) is 0 Å². The van der Waals surface area contributed by atoms with Crippen LogP contribution in [0, 0.1) is 13.8 Å². The van der Waals surface area contributed by atoms with Crippen molar-refractivity contribution in [2.24, 2.45) is 0 Å². The molecule has 2 rings (SSSR count). The number of aryl methyl sites for hydroxylation is 2. The third-order valence-corrected chi connectivity index (χ3v) is 3.35. The Kier molecular flexibility index (Phi) is 4.23. The molecule has 0 heterocycles. The van der Waals surface area contributed by atoms with Gasteiger partial charge < -0.3 is 9.84 Å². The molecule has 1 atom stereocenters. The first-order valence-corrected chi connectivity index (χ1v) is 6.48. The van der Waals surface area contributed by atoms with E-state index in [0.717, 1.165) is 22.4 Å². The molecule has 0 aliphatic carbocycles. The van der Waals surface area contributed by atoms with Gasteiger partial charge in [-0.25, -0.2) is 0 Å². The van der Waals surface area contributed by atoms with E-state index in [1.54, 1.807) is 7.11 Å². The summed E-state index contributed by atoms with van der Waals surface area (Å²) in [6.07, 6.45) is 0.152. The fraction of sp³-hybridized carbons (Fsp3) is 0.294. The smallest absolute Gasteiger partial charge is 0.121 e. The van der Waals surface area contributed by atoms with Crippen LogP contribution in [-0.2, 0) is 6.42 Å². The molecule has 0 saturated carbocycles. The van der Waals surface area contributed by atoms with Crippen LogP contribution in [0.3, 0.4) is 0 Å². The lowest BCUT2D eigenvalue weighted by Gasteiger charge is -2.13. The zero-order chi connectivity index (χ0) is 13.8. The first kappa shape index (κ1) is 13.6. The van der Waals surface area contributed by atoms with Crippen LogP contribution in [0.1, 0.15) is 28.4 Å². The maximum Gasteiger partial charge on any atom is 0.121 e. The highest BCUT2D eigenvalue weighted by atomic mass is 16.5. The zero-order valence-corrected chi connectivity index (χ0v) is 11.7. The van der Waals surface area contributed by atoms with E-state index in [2.05, 4.69) is 31.2 Å². The monoisotopic (exact) mass is 256 g/mol. The number of ether oxygens (including phenoxy) is 1. The standard InChI is InChI=1S/C17H20O2/c1-12-4-6-14(7-5-12)11-16(18)15-8-9-17(19-3)13(2)10-15/h4-10,16,18H,11H2,1-3H3. The van der Waals surface area contributed by atoms with Gasteiger partial charge in [0.2, 0.25) is 0 Å². The summed E-state index contributed by atoms with van der Waals surface area (Å²) in [6.45, 7) is 4.05. The summed E-state index contributed by atoms with van der Waals surface area (Å²) >= 11 is 0. The lowest BCUT2D eigenvalue weighted by molar-refractivity contribution is 0.178. The summed E-state index contributed by atoms with van der Waals surface area (Å²) in [6, 6.07) is 14.1.